The highest BCUT2D eigenvalue weighted by Gasteiger charge is 2.06. The van der Waals surface area contributed by atoms with Gasteiger partial charge < -0.3 is 0 Å². The summed E-state index contributed by atoms with van der Waals surface area (Å²) in [4.78, 5) is 18.0. The number of para-hydroxylation sites is 2. The Balaban J connectivity index is 1.44. The van der Waals surface area contributed by atoms with Crippen LogP contribution in [0.25, 0.3) is 33.7 Å². The first-order valence-corrected chi connectivity index (χ1v) is 9.53. The van der Waals surface area contributed by atoms with E-state index in [1.54, 1.807) is 12.4 Å². The molecule has 0 unspecified atom stereocenters. The maximum absolute atomic E-state index is 4.77. The molecule has 4 heteroatoms. The van der Waals surface area contributed by atoms with Crippen LogP contribution in [0.5, 0.6) is 0 Å². The van der Waals surface area contributed by atoms with Gasteiger partial charge in [0.1, 0.15) is 0 Å². The molecule has 2 heterocycles. The summed E-state index contributed by atoms with van der Waals surface area (Å²) in [5, 5.41) is 0. The molecule has 0 fully saturated rings. The molecule has 0 amide bonds. The predicted molar refractivity (Wildman–Crippen MR) is 115 cm³/mol. The third kappa shape index (κ3) is 3.73. The Labute approximate surface area is 169 Å². The van der Waals surface area contributed by atoms with Gasteiger partial charge >= 0.3 is 0 Å². The number of aromatic nitrogens is 4. The van der Waals surface area contributed by atoms with Crippen molar-refractivity contribution in [3.8, 4) is 22.6 Å². The van der Waals surface area contributed by atoms with Crippen LogP contribution in [0.1, 0.15) is 11.1 Å². The second-order valence-electron chi connectivity index (χ2n) is 6.89. The van der Waals surface area contributed by atoms with Crippen LogP contribution in [0.15, 0.2) is 97.5 Å². The molecule has 0 aliphatic carbocycles. The molecule has 0 saturated heterocycles. The molecule has 138 valence electrons. The Morgan fingerprint density at radius 1 is 0.586 bits per heavy atom. The summed E-state index contributed by atoms with van der Waals surface area (Å²) in [7, 11) is 0. The van der Waals surface area contributed by atoms with Crippen molar-refractivity contribution in [2.75, 3.05) is 0 Å². The van der Waals surface area contributed by atoms with E-state index in [0.717, 1.165) is 40.1 Å². The van der Waals surface area contributed by atoms with Crippen molar-refractivity contribution in [1.29, 1.82) is 0 Å². The zero-order chi connectivity index (χ0) is 19.5. The summed E-state index contributed by atoms with van der Waals surface area (Å²) in [6, 6.07) is 26.6. The highest BCUT2D eigenvalue weighted by molar-refractivity contribution is 5.77. The molecular formula is C25H18N4. The van der Waals surface area contributed by atoms with E-state index in [1.807, 2.05) is 42.6 Å². The maximum Gasteiger partial charge on any atom is 0.159 e. The van der Waals surface area contributed by atoms with Crippen molar-refractivity contribution in [3.63, 3.8) is 0 Å². The Bertz CT molecular complexity index is 1280. The fourth-order valence-corrected chi connectivity index (χ4v) is 3.44. The minimum Gasteiger partial charge on any atom is -0.252 e. The topological polar surface area (TPSA) is 51.6 Å². The van der Waals surface area contributed by atoms with Gasteiger partial charge in [-0.15, -0.1) is 0 Å². The number of rotatable bonds is 4. The van der Waals surface area contributed by atoms with Crippen molar-refractivity contribution >= 4 is 11.0 Å². The second kappa shape index (κ2) is 7.60. The smallest absolute Gasteiger partial charge is 0.159 e. The van der Waals surface area contributed by atoms with Crippen molar-refractivity contribution in [3.05, 3.63) is 109 Å². The average molecular weight is 374 g/mol. The highest BCUT2D eigenvalue weighted by Crippen LogP contribution is 2.23. The lowest BCUT2D eigenvalue weighted by atomic mass is 10.00. The molecule has 2 aromatic heterocycles. The van der Waals surface area contributed by atoms with Gasteiger partial charge in [-0.2, -0.15) is 0 Å². The molecule has 0 bridgehead atoms. The van der Waals surface area contributed by atoms with Crippen LogP contribution in [0.3, 0.4) is 0 Å². The molecule has 5 aromatic rings. The lowest BCUT2D eigenvalue weighted by Gasteiger charge is -2.08. The van der Waals surface area contributed by atoms with Gasteiger partial charge in [-0.05, 0) is 47.9 Å². The summed E-state index contributed by atoms with van der Waals surface area (Å²) in [6.07, 6.45) is 6.20. The molecule has 5 rings (SSSR count). The first-order chi connectivity index (χ1) is 14.3. The van der Waals surface area contributed by atoms with Crippen LogP contribution in [0.4, 0.5) is 0 Å². The van der Waals surface area contributed by atoms with Crippen LogP contribution >= 0.6 is 0 Å². The van der Waals surface area contributed by atoms with Gasteiger partial charge in [0, 0.05) is 23.5 Å². The van der Waals surface area contributed by atoms with E-state index < -0.39 is 0 Å². The summed E-state index contributed by atoms with van der Waals surface area (Å²) < 4.78 is 0. The van der Waals surface area contributed by atoms with E-state index in [2.05, 4.69) is 57.4 Å². The van der Waals surface area contributed by atoms with E-state index in [9.17, 15) is 0 Å². The van der Waals surface area contributed by atoms with Crippen molar-refractivity contribution in [2.24, 2.45) is 0 Å². The monoisotopic (exact) mass is 374 g/mol. The predicted octanol–water partition coefficient (Wildman–Crippen LogP) is 5.34. The van der Waals surface area contributed by atoms with Crippen LogP contribution < -0.4 is 0 Å². The lowest BCUT2D eigenvalue weighted by molar-refractivity contribution is 1.16. The van der Waals surface area contributed by atoms with Gasteiger partial charge in [-0.25, -0.2) is 15.0 Å². The zero-order valence-corrected chi connectivity index (χ0v) is 15.7. The van der Waals surface area contributed by atoms with Crippen molar-refractivity contribution in [1.82, 2.24) is 19.9 Å². The molecular weight excluding hydrogens is 356 g/mol. The summed E-state index contributed by atoms with van der Waals surface area (Å²) in [5.41, 5.74) is 7.25. The molecule has 0 N–H and O–H groups in total. The lowest BCUT2D eigenvalue weighted by Crippen LogP contribution is -1.93. The standard InChI is InChI=1S/C25H18N4/c1-2-11-23-22(10-1)28-17-24(29-23)20-8-3-6-18(15-20)14-19-7-4-9-21(16-19)25-26-12-5-13-27-25/h1-13,15-17H,14H2. The van der Waals surface area contributed by atoms with E-state index in [4.69, 9.17) is 4.98 Å². The van der Waals surface area contributed by atoms with Crippen LogP contribution in [-0.4, -0.2) is 19.9 Å². The Kier molecular flexibility index (Phi) is 4.51. The van der Waals surface area contributed by atoms with E-state index >= 15 is 0 Å². The van der Waals surface area contributed by atoms with Crippen molar-refractivity contribution in [2.45, 2.75) is 6.42 Å². The fourth-order valence-electron chi connectivity index (χ4n) is 3.44. The number of nitrogens with zero attached hydrogens (tertiary/aromatic N) is 4. The van der Waals surface area contributed by atoms with Crippen LogP contribution in [0, 0.1) is 0 Å². The largest absolute Gasteiger partial charge is 0.252 e. The molecule has 0 aliphatic heterocycles. The third-order valence-electron chi connectivity index (χ3n) is 4.83. The number of benzene rings is 3. The van der Waals surface area contributed by atoms with Gasteiger partial charge in [0.25, 0.3) is 0 Å². The first kappa shape index (κ1) is 17.2. The molecule has 29 heavy (non-hydrogen) atoms. The Morgan fingerprint density at radius 2 is 1.28 bits per heavy atom. The maximum atomic E-state index is 4.77. The van der Waals surface area contributed by atoms with Gasteiger partial charge in [0.15, 0.2) is 5.82 Å². The number of fused-ring (bicyclic) bond motifs is 1. The minimum atomic E-state index is 0.745. The zero-order valence-electron chi connectivity index (χ0n) is 15.7. The molecule has 0 saturated carbocycles. The van der Waals surface area contributed by atoms with Crippen LogP contribution in [-0.2, 0) is 6.42 Å². The third-order valence-corrected chi connectivity index (χ3v) is 4.83. The first-order valence-electron chi connectivity index (χ1n) is 9.53. The number of hydrogen-bond acceptors (Lipinski definition) is 4. The molecule has 4 nitrogen and oxygen atoms in total. The number of hydrogen-bond donors (Lipinski definition) is 0. The fraction of sp³-hybridized carbons (Fsp3) is 0.0400. The van der Waals surface area contributed by atoms with Gasteiger partial charge in [-0.1, -0.05) is 48.5 Å². The average Bonchev–Trinajstić information content (AvgIpc) is 2.80. The molecule has 3 aromatic carbocycles. The molecule has 0 atom stereocenters. The van der Waals surface area contributed by atoms with E-state index in [0.29, 0.717) is 0 Å². The van der Waals surface area contributed by atoms with Gasteiger partial charge in [0.05, 0.1) is 22.9 Å². The Hall–Kier alpha value is -3.92. The SMILES string of the molecule is c1cnc(-c2cccc(Cc3cccc(-c4cnc5ccccc5n4)c3)c2)nc1. The van der Waals surface area contributed by atoms with Gasteiger partial charge in [0.2, 0.25) is 0 Å². The minimum absolute atomic E-state index is 0.745. The summed E-state index contributed by atoms with van der Waals surface area (Å²) in [6.45, 7) is 0. The van der Waals surface area contributed by atoms with Crippen LogP contribution in [0.2, 0.25) is 0 Å². The highest BCUT2D eigenvalue weighted by atomic mass is 14.8. The summed E-state index contributed by atoms with van der Waals surface area (Å²) in [5.74, 6) is 0.745. The Morgan fingerprint density at radius 3 is 2.07 bits per heavy atom. The van der Waals surface area contributed by atoms with E-state index in [1.165, 1.54) is 11.1 Å². The quantitative estimate of drug-likeness (QED) is 0.426. The molecule has 0 spiro atoms. The normalized spacial score (nSPS) is 10.9. The molecule has 0 radical (unpaired) electrons. The van der Waals surface area contributed by atoms with Crippen molar-refractivity contribution < 1.29 is 0 Å². The van der Waals surface area contributed by atoms with Gasteiger partial charge in [-0.3, -0.25) is 4.98 Å². The van der Waals surface area contributed by atoms with E-state index in [-0.39, 0.29) is 0 Å². The molecule has 0 aliphatic rings. The summed E-state index contributed by atoms with van der Waals surface area (Å²) >= 11 is 0. The second-order valence-corrected chi connectivity index (χ2v) is 6.89.